The van der Waals surface area contributed by atoms with Crippen molar-refractivity contribution in [3.8, 4) is 5.88 Å². The molecule has 0 aliphatic heterocycles. The first-order valence-corrected chi connectivity index (χ1v) is 10.0. The Kier molecular flexibility index (Phi) is 8.89. The lowest BCUT2D eigenvalue weighted by Gasteiger charge is -2.13. The number of unbranched alkanes of at least 4 members (excludes halogenated alkanes) is 1. The van der Waals surface area contributed by atoms with E-state index in [1.165, 1.54) is 4.88 Å². The smallest absolute Gasteiger partial charge is 0.218 e. The fourth-order valence-corrected chi connectivity index (χ4v) is 3.18. The molecule has 0 aliphatic rings. The van der Waals surface area contributed by atoms with Crippen molar-refractivity contribution in [1.82, 2.24) is 20.6 Å². The van der Waals surface area contributed by atoms with Crippen LogP contribution in [0.5, 0.6) is 5.88 Å². The molecule has 26 heavy (non-hydrogen) atoms. The van der Waals surface area contributed by atoms with Crippen molar-refractivity contribution in [2.45, 2.75) is 46.1 Å². The van der Waals surface area contributed by atoms with Crippen LogP contribution in [0.3, 0.4) is 0 Å². The second kappa shape index (κ2) is 11.5. The van der Waals surface area contributed by atoms with Gasteiger partial charge in [-0.25, -0.2) is 9.97 Å². The van der Waals surface area contributed by atoms with Crippen LogP contribution in [0.4, 0.5) is 0 Å². The Morgan fingerprint density at radius 2 is 2.15 bits per heavy atom. The summed E-state index contributed by atoms with van der Waals surface area (Å²) in [6.45, 7) is 6.41. The molecule has 0 bridgehead atoms. The molecular formula is C19H29N5OS. The highest BCUT2D eigenvalue weighted by Crippen LogP contribution is 2.15. The van der Waals surface area contributed by atoms with Crippen molar-refractivity contribution < 1.29 is 4.74 Å². The van der Waals surface area contributed by atoms with Crippen LogP contribution in [0.1, 0.15) is 42.1 Å². The molecular weight excluding hydrogens is 346 g/mol. The molecule has 0 saturated carbocycles. The Labute approximate surface area is 160 Å². The molecule has 6 nitrogen and oxygen atoms in total. The van der Waals surface area contributed by atoms with Crippen molar-refractivity contribution in [3.05, 3.63) is 40.0 Å². The number of rotatable bonds is 10. The summed E-state index contributed by atoms with van der Waals surface area (Å²) in [7, 11) is 1.77. The highest BCUT2D eigenvalue weighted by atomic mass is 32.1. The summed E-state index contributed by atoms with van der Waals surface area (Å²) in [5, 5.41) is 7.81. The van der Waals surface area contributed by atoms with Gasteiger partial charge in [-0.05, 0) is 18.9 Å². The van der Waals surface area contributed by atoms with Crippen LogP contribution in [0.25, 0.3) is 0 Å². The lowest BCUT2D eigenvalue weighted by atomic mass is 10.2. The third-order valence-corrected chi connectivity index (χ3v) is 5.04. The largest absolute Gasteiger partial charge is 0.477 e. The van der Waals surface area contributed by atoms with Gasteiger partial charge in [0.1, 0.15) is 0 Å². The molecule has 0 radical (unpaired) electrons. The molecule has 2 rings (SSSR count). The molecule has 0 fully saturated rings. The Balaban J connectivity index is 1.79. The predicted octanol–water partition coefficient (Wildman–Crippen LogP) is 3.19. The fraction of sp³-hybridized carbons (Fsp3) is 0.526. The molecule has 2 N–H and O–H groups in total. The van der Waals surface area contributed by atoms with Gasteiger partial charge in [0, 0.05) is 49.4 Å². The average Bonchev–Trinajstić information content (AvgIpc) is 3.13. The number of aromatic nitrogens is 2. The van der Waals surface area contributed by atoms with E-state index in [1.807, 2.05) is 18.3 Å². The Morgan fingerprint density at radius 3 is 2.88 bits per heavy atom. The molecule has 0 atom stereocenters. The van der Waals surface area contributed by atoms with Crippen LogP contribution >= 0.6 is 11.3 Å². The van der Waals surface area contributed by atoms with E-state index in [0.717, 1.165) is 48.8 Å². The first-order valence-electron chi connectivity index (χ1n) is 9.21. The van der Waals surface area contributed by atoms with E-state index >= 15 is 0 Å². The number of thiazole rings is 1. The van der Waals surface area contributed by atoms with Crippen LogP contribution in [0.2, 0.25) is 0 Å². The van der Waals surface area contributed by atoms with Crippen molar-refractivity contribution in [1.29, 1.82) is 0 Å². The van der Waals surface area contributed by atoms with Gasteiger partial charge in [0.05, 0.1) is 11.6 Å². The van der Waals surface area contributed by atoms with Crippen molar-refractivity contribution in [2.75, 3.05) is 20.2 Å². The van der Waals surface area contributed by atoms with Gasteiger partial charge in [-0.2, -0.15) is 0 Å². The van der Waals surface area contributed by atoms with E-state index in [9.17, 15) is 0 Å². The third-order valence-electron chi connectivity index (χ3n) is 3.84. The minimum absolute atomic E-state index is 0.617. The number of guanidine groups is 1. The quantitative estimate of drug-likeness (QED) is 0.379. The molecule has 0 aliphatic carbocycles. The van der Waals surface area contributed by atoms with Crippen LogP contribution in [-0.4, -0.2) is 36.1 Å². The zero-order valence-corrected chi connectivity index (χ0v) is 16.7. The summed E-state index contributed by atoms with van der Waals surface area (Å²) in [6.07, 6.45) is 7.80. The number of nitrogens with zero attached hydrogens (tertiary/aromatic N) is 3. The van der Waals surface area contributed by atoms with Crippen molar-refractivity contribution in [3.63, 3.8) is 0 Å². The number of hydrogen-bond donors (Lipinski definition) is 2. The average molecular weight is 376 g/mol. The van der Waals surface area contributed by atoms with E-state index in [-0.39, 0.29) is 0 Å². The number of aryl methyl sites for hydroxylation is 1. The summed E-state index contributed by atoms with van der Waals surface area (Å²) in [5.74, 6) is 1.46. The highest BCUT2D eigenvalue weighted by Gasteiger charge is 2.06. The summed E-state index contributed by atoms with van der Waals surface area (Å²) in [5.41, 5.74) is 1.03. The normalized spacial score (nSPS) is 11.4. The van der Waals surface area contributed by atoms with E-state index in [0.29, 0.717) is 19.0 Å². The molecule has 142 valence electrons. The van der Waals surface area contributed by atoms with Crippen molar-refractivity contribution in [2.24, 2.45) is 4.99 Å². The van der Waals surface area contributed by atoms with Gasteiger partial charge >= 0.3 is 0 Å². The topological polar surface area (TPSA) is 71.4 Å². The Hall–Kier alpha value is -2.15. The first kappa shape index (κ1) is 20.2. The number of aliphatic imine (C=N–C) groups is 1. The molecule has 0 aromatic carbocycles. The molecule has 7 heteroatoms. The minimum atomic E-state index is 0.617. The third kappa shape index (κ3) is 6.63. The zero-order chi connectivity index (χ0) is 18.6. The molecule has 0 unspecified atom stereocenters. The van der Waals surface area contributed by atoms with Crippen molar-refractivity contribution >= 4 is 17.3 Å². The number of ether oxygens (including phenoxy) is 1. The zero-order valence-electron chi connectivity index (χ0n) is 15.9. The van der Waals surface area contributed by atoms with Gasteiger partial charge in [0.15, 0.2) is 5.96 Å². The van der Waals surface area contributed by atoms with Crippen LogP contribution in [-0.2, 0) is 19.4 Å². The summed E-state index contributed by atoms with van der Waals surface area (Å²) in [4.78, 5) is 14.4. The van der Waals surface area contributed by atoms with Gasteiger partial charge in [-0.3, -0.25) is 4.99 Å². The maximum Gasteiger partial charge on any atom is 0.218 e. The van der Waals surface area contributed by atoms with Gasteiger partial charge in [0.25, 0.3) is 0 Å². The van der Waals surface area contributed by atoms with Gasteiger partial charge in [-0.15, -0.1) is 11.3 Å². The van der Waals surface area contributed by atoms with E-state index in [1.54, 1.807) is 24.6 Å². The number of nitrogens with one attached hydrogen (secondary N) is 2. The summed E-state index contributed by atoms with van der Waals surface area (Å²) < 4.78 is 5.78. The molecule has 2 heterocycles. The van der Waals surface area contributed by atoms with Gasteiger partial charge < -0.3 is 15.4 Å². The molecule has 0 saturated heterocycles. The van der Waals surface area contributed by atoms with Crippen LogP contribution < -0.4 is 15.4 Å². The first-order chi connectivity index (χ1) is 12.8. The van der Waals surface area contributed by atoms with E-state index in [2.05, 4.69) is 39.4 Å². The second-order valence-corrected chi connectivity index (χ2v) is 7.05. The molecule has 0 amide bonds. The maximum atomic E-state index is 5.78. The number of pyridine rings is 1. The summed E-state index contributed by atoms with van der Waals surface area (Å²) in [6, 6.07) is 3.95. The van der Waals surface area contributed by atoms with Crippen LogP contribution in [0.15, 0.2) is 29.5 Å². The Morgan fingerprint density at radius 1 is 1.27 bits per heavy atom. The highest BCUT2D eigenvalue weighted by molar-refractivity contribution is 7.11. The lowest BCUT2D eigenvalue weighted by Crippen LogP contribution is -2.38. The molecule has 2 aromatic heterocycles. The van der Waals surface area contributed by atoms with Crippen LogP contribution in [0, 0.1) is 0 Å². The van der Waals surface area contributed by atoms with E-state index < -0.39 is 0 Å². The predicted molar refractivity (Wildman–Crippen MR) is 108 cm³/mol. The second-order valence-electron chi connectivity index (χ2n) is 5.85. The number of hydrogen-bond acceptors (Lipinski definition) is 5. The molecule has 0 spiro atoms. The fourth-order valence-electron chi connectivity index (χ4n) is 2.32. The SMILES string of the molecule is CCCCOc1ncccc1CNC(=NC)NCCc1ncc(CC)s1. The van der Waals surface area contributed by atoms with Gasteiger partial charge in [-0.1, -0.05) is 26.3 Å². The summed E-state index contributed by atoms with van der Waals surface area (Å²) >= 11 is 1.78. The lowest BCUT2D eigenvalue weighted by molar-refractivity contribution is 0.294. The van der Waals surface area contributed by atoms with Gasteiger partial charge in [0.2, 0.25) is 5.88 Å². The minimum Gasteiger partial charge on any atom is -0.477 e. The standard InChI is InChI=1S/C19H29N5OS/c1-4-6-12-25-18-15(8-7-10-21-18)13-24-19(20-3)22-11-9-17-23-14-16(5-2)26-17/h7-8,10,14H,4-6,9,11-13H2,1-3H3,(H2,20,22,24). The Bertz CT molecular complexity index is 686. The van der Waals surface area contributed by atoms with E-state index in [4.69, 9.17) is 4.74 Å². The molecule has 2 aromatic rings. The monoisotopic (exact) mass is 375 g/mol. The maximum absolute atomic E-state index is 5.78.